The van der Waals surface area contributed by atoms with E-state index in [9.17, 15) is 9.59 Å². The molecule has 0 aliphatic heterocycles. The van der Waals surface area contributed by atoms with Gasteiger partial charge in [-0.15, -0.1) is 0 Å². The number of unbranched alkanes of at least 4 members (excludes halogenated alkanes) is 2. The molecule has 0 spiro atoms. The maximum absolute atomic E-state index is 14.2. The highest BCUT2D eigenvalue weighted by Crippen LogP contribution is 2.27. The smallest absolute Gasteiger partial charge is 0.266 e. The quantitative estimate of drug-likeness (QED) is 0.113. The molecule has 1 amide bonds. The van der Waals surface area contributed by atoms with Gasteiger partial charge >= 0.3 is 0 Å². The Bertz CT molecular complexity index is 1650. The Morgan fingerprint density at radius 3 is 2.69 bits per heavy atom. The number of nitrogens with zero attached hydrogens (tertiary/aromatic N) is 5. The summed E-state index contributed by atoms with van der Waals surface area (Å²) in [6, 6.07) is 14.9. The monoisotopic (exact) mass is 526 g/mol. The SMILES string of the molecule is CCC(Nc1ncnc2[nH]cnc12)c1nc2cccc(CCCCCC(=O)NO)c2c(=O)n1-c1ccccc1. The van der Waals surface area contributed by atoms with E-state index in [2.05, 4.69) is 25.3 Å². The molecule has 4 N–H and O–H groups in total. The Balaban J connectivity index is 1.55. The number of anilines is 1. The summed E-state index contributed by atoms with van der Waals surface area (Å²) in [5, 5.41) is 12.7. The minimum Gasteiger partial charge on any atom is -0.358 e. The van der Waals surface area contributed by atoms with Crippen molar-refractivity contribution >= 4 is 33.8 Å². The van der Waals surface area contributed by atoms with E-state index in [0.29, 0.717) is 53.0 Å². The van der Waals surface area contributed by atoms with Crippen LogP contribution in [0.4, 0.5) is 5.82 Å². The first kappa shape index (κ1) is 26.0. The number of aromatic amines is 1. The summed E-state index contributed by atoms with van der Waals surface area (Å²) in [7, 11) is 0. The zero-order valence-corrected chi connectivity index (χ0v) is 21.6. The summed E-state index contributed by atoms with van der Waals surface area (Å²) in [5.74, 6) is 0.748. The molecule has 3 heterocycles. The number of H-pyrrole nitrogens is 1. The van der Waals surface area contributed by atoms with Crippen LogP contribution in [0.5, 0.6) is 0 Å². The molecule has 5 rings (SSSR count). The molecule has 1 atom stereocenters. The highest BCUT2D eigenvalue weighted by molar-refractivity contribution is 5.83. The summed E-state index contributed by atoms with van der Waals surface area (Å²) < 4.78 is 1.68. The molecule has 2 aromatic carbocycles. The number of amides is 1. The van der Waals surface area contributed by atoms with Gasteiger partial charge in [0.05, 0.1) is 29.0 Å². The molecule has 0 bridgehead atoms. The lowest BCUT2D eigenvalue weighted by atomic mass is 10.0. The third-order valence-corrected chi connectivity index (χ3v) is 6.75. The van der Waals surface area contributed by atoms with E-state index in [1.807, 2.05) is 55.5 Å². The number of benzene rings is 2. The van der Waals surface area contributed by atoms with E-state index in [0.717, 1.165) is 24.1 Å². The second-order valence-electron chi connectivity index (χ2n) is 9.28. The van der Waals surface area contributed by atoms with Gasteiger partial charge in [0.1, 0.15) is 17.7 Å². The first-order valence-electron chi connectivity index (χ1n) is 13.0. The summed E-state index contributed by atoms with van der Waals surface area (Å²) >= 11 is 0. The average molecular weight is 527 g/mol. The van der Waals surface area contributed by atoms with E-state index in [1.165, 1.54) is 6.33 Å². The number of rotatable bonds is 11. The van der Waals surface area contributed by atoms with E-state index >= 15 is 0 Å². The number of carbonyl (C=O) groups excluding carboxylic acids is 1. The molecule has 5 aromatic rings. The van der Waals surface area contributed by atoms with Gasteiger partial charge in [0, 0.05) is 6.42 Å². The van der Waals surface area contributed by atoms with Gasteiger partial charge in [0.25, 0.3) is 5.56 Å². The predicted octanol–water partition coefficient (Wildman–Crippen LogP) is 4.22. The molecule has 0 radical (unpaired) electrons. The van der Waals surface area contributed by atoms with Crippen LogP contribution in [-0.2, 0) is 11.2 Å². The van der Waals surface area contributed by atoms with Crippen molar-refractivity contribution in [1.82, 2.24) is 35.0 Å². The Morgan fingerprint density at radius 1 is 1.05 bits per heavy atom. The van der Waals surface area contributed by atoms with Crippen molar-refractivity contribution < 1.29 is 10.0 Å². The molecular weight excluding hydrogens is 496 g/mol. The van der Waals surface area contributed by atoms with Crippen LogP contribution in [0.2, 0.25) is 0 Å². The minimum absolute atomic E-state index is 0.135. The fourth-order valence-corrected chi connectivity index (χ4v) is 4.80. The van der Waals surface area contributed by atoms with Gasteiger partial charge in [0.15, 0.2) is 11.5 Å². The fraction of sp³-hybridized carbons (Fsp3) is 0.286. The second kappa shape index (κ2) is 11.8. The Labute approximate surface area is 224 Å². The lowest BCUT2D eigenvalue weighted by molar-refractivity contribution is -0.129. The third kappa shape index (κ3) is 5.48. The van der Waals surface area contributed by atoms with Crippen LogP contribution >= 0.6 is 0 Å². The van der Waals surface area contributed by atoms with Crippen LogP contribution in [0, 0.1) is 0 Å². The van der Waals surface area contributed by atoms with Gasteiger partial charge in [-0.1, -0.05) is 43.7 Å². The first-order valence-corrected chi connectivity index (χ1v) is 13.0. The number of para-hydroxylation sites is 1. The number of hydrogen-bond donors (Lipinski definition) is 4. The van der Waals surface area contributed by atoms with Crippen molar-refractivity contribution in [3.8, 4) is 5.69 Å². The Morgan fingerprint density at radius 2 is 1.90 bits per heavy atom. The lowest BCUT2D eigenvalue weighted by Gasteiger charge is -2.22. The van der Waals surface area contributed by atoms with Crippen molar-refractivity contribution in [3.05, 3.63) is 82.9 Å². The van der Waals surface area contributed by atoms with E-state index < -0.39 is 5.91 Å². The molecule has 0 aliphatic rings. The van der Waals surface area contributed by atoms with Crippen LogP contribution in [-0.4, -0.2) is 40.6 Å². The summed E-state index contributed by atoms with van der Waals surface area (Å²) in [5.41, 5.74) is 5.04. The van der Waals surface area contributed by atoms with Crippen molar-refractivity contribution in [3.63, 3.8) is 0 Å². The van der Waals surface area contributed by atoms with Gasteiger partial charge in [0.2, 0.25) is 5.91 Å². The first-order chi connectivity index (χ1) is 19.1. The zero-order valence-electron chi connectivity index (χ0n) is 21.6. The maximum atomic E-state index is 14.2. The Hall–Kier alpha value is -4.64. The van der Waals surface area contributed by atoms with E-state index in [4.69, 9.17) is 10.2 Å². The van der Waals surface area contributed by atoms with Crippen LogP contribution in [0.15, 0.2) is 66.0 Å². The van der Waals surface area contributed by atoms with E-state index in [1.54, 1.807) is 16.4 Å². The molecule has 0 saturated heterocycles. The molecule has 11 heteroatoms. The van der Waals surface area contributed by atoms with Crippen LogP contribution in [0.1, 0.15) is 56.5 Å². The van der Waals surface area contributed by atoms with Crippen molar-refractivity contribution in [2.75, 3.05) is 5.32 Å². The molecule has 0 saturated carbocycles. The minimum atomic E-state index is -0.392. The second-order valence-corrected chi connectivity index (χ2v) is 9.28. The normalized spacial score (nSPS) is 12.1. The molecular formula is C28H30N8O3. The van der Waals surface area contributed by atoms with Crippen molar-refractivity contribution in [1.29, 1.82) is 0 Å². The Kier molecular flexibility index (Phi) is 7.88. The third-order valence-electron chi connectivity index (χ3n) is 6.75. The number of carbonyl (C=O) groups is 1. The van der Waals surface area contributed by atoms with Gasteiger partial charge in [-0.25, -0.2) is 25.4 Å². The number of imidazole rings is 1. The molecule has 3 aromatic heterocycles. The summed E-state index contributed by atoms with van der Waals surface area (Å²) in [6.45, 7) is 2.03. The molecule has 11 nitrogen and oxygen atoms in total. The number of aromatic nitrogens is 6. The van der Waals surface area contributed by atoms with E-state index in [-0.39, 0.29) is 18.0 Å². The predicted molar refractivity (Wildman–Crippen MR) is 148 cm³/mol. The summed E-state index contributed by atoms with van der Waals surface area (Å²) in [4.78, 5) is 46.5. The van der Waals surface area contributed by atoms with Crippen molar-refractivity contribution in [2.24, 2.45) is 0 Å². The van der Waals surface area contributed by atoms with Crippen LogP contribution < -0.4 is 16.4 Å². The maximum Gasteiger partial charge on any atom is 0.266 e. The molecule has 0 fully saturated rings. The lowest BCUT2D eigenvalue weighted by Crippen LogP contribution is -2.29. The molecule has 1 unspecified atom stereocenters. The highest BCUT2D eigenvalue weighted by Gasteiger charge is 2.23. The molecule has 39 heavy (non-hydrogen) atoms. The molecule has 0 aliphatic carbocycles. The van der Waals surface area contributed by atoms with Crippen molar-refractivity contribution in [2.45, 2.75) is 51.5 Å². The largest absolute Gasteiger partial charge is 0.358 e. The fourth-order valence-electron chi connectivity index (χ4n) is 4.80. The molecule has 200 valence electrons. The van der Waals surface area contributed by atoms with Gasteiger partial charge in [-0.3, -0.25) is 19.4 Å². The average Bonchev–Trinajstić information content (AvgIpc) is 3.46. The van der Waals surface area contributed by atoms with Crippen LogP contribution in [0.25, 0.3) is 27.8 Å². The van der Waals surface area contributed by atoms with Gasteiger partial charge < -0.3 is 10.3 Å². The number of fused-ring (bicyclic) bond motifs is 2. The highest BCUT2D eigenvalue weighted by atomic mass is 16.5. The summed E-state index contributed by atoms with van der Waals surface area (Å²) in [6.07, 6.45) is 6.88. The topological polar surface area (TPSA) is 151 Å². The standard InChI is InChI=1S/C28H30N8O3/c1-2-20(33-26-24-25(30-16-29-24)31-17-32-26)27-34-21-14-9-11-18(10-5-3-8-15-22(37)35-39)23(21)28(38)36(27)19-12-6-4-7-13-19/h4,6-7,9,11-14,16-17,20,39H,2-3,5,8,10,15H2,1H3,(H,35,37)(H2,29,30,31,32,33). The number of hydroxylamine groups is 1. The van der Waals surface area contributed by atoms with Gasteiger partial charge in [-0.05, 0) is 49.4 Å². The number of aryl methyl sites for hydroxylation is 1. The number of nitrogens with one attached hydrogen (secondary N) is 3. The van der Waals surface area contributed by atoms with Gasteiger partial charge in [-0.2, -0.15) is 0 Å². The van der Waals surface area contributed by atoms with Crippen LogP contribution in [0.3, 0.4) is 0 Å². The zero-order chi connectivity index (χ0) is 27.2. The number of hydrogen-bond acceptors (Lipinski definition) is 8.